The minimum Gasteiger partial charge on any atom is -0.428 e. The number of ether oxygens (including phenoxy) is 3. The summed E-state index contributed by atoms with van der Waals surface area (Å²) in [6.07, 6.45) is 3.65. The van der Waals surface area contributed by atoms with E-state index in [-0.39, 0.29) is 0 Å². The first-order chi connectivity index (χ1) is 9.31. The van der Waals surface area contributed by atoms with Gasteiger partial charge in [-0.1, -0.05) is 0 Å². The van der Waals surface area contributed by atoms with Crippen molar-refractivity contribution in [3.05, 3.63) is 18.2 Å². The summed E-state index contributed by atoms with van der Waals surface area (Å²) in [4.78, 5) is 2.47. The summed E-state index contributed by atoms with van der Waals surface area (Å²) in [6.45, 7) is 3.55. The van der Waals surface area contributed by atoms with Crippen molar-refractivity contribution in [1.82, 2.24) is 4.90 Å². The lowest BCUT2D eigenvalue weighted by Crippen LogP contribution is -2.25. The third-order valence-corrected chi connectivity index (χ3v) is 3.49. The van der Waals surface area contributed by atoms with E-state index >= 15 is 0 Å². The highest BCUT2D eigenvalue weighted by Crippen LogP contribution is 2.36. The molecule has 1 aromatic rings. The van der Waals surface area contributed by atoms with Crippen LogP contribution < -0.4 is 15.2 Å². The number of rotatable bonds is 5. The van der Waals surface area contributed by atoms with Gasteiger partial charge in [0.2, 0.25) is 0 Å². The molecule has 5 heteroatoms. The van der Waals surface area contributed by atoms with Gasteiger partial charge in [0.1, 0.15) is 0 Å². The van der Waals surface area contributed by atoms with E-state index in [2.05, 4.69) is 4.90 Å². The van der Waals surface area contributed by atoms with E-state index in [0.717, 1.165) is 13.0 Å². The number of nitrogens with two attached hydrogens (primary N) is 1. The average molecular weight is 264 g/mol. The molecule has 2 aliphatic heterocycles. The Morgan fingerprint density at radius 1 is 1.21 bits per heavy atom. The number of likely N-dealkylation sites (tertiary alicyclic amines) is 1. The molecule has 0 spiro atoms. The van der Waals surface area contributed by atoms with Crippen LogP contribution in [-0.2, 0) is 4.74 Å². The Kier molecular flexibility index (Phi) is 3.75. The summed E-state index contributed by atoms with van der Waals surface area (Å²) in [5.74, 6) is 1.35. The van der Waals surface area contributed by atoms with Gasteiger partial charge in [-0.25, -0.2) is 0 Å². The molecule has 19 heavy (non-hydrogen) atoms. The molecular weight excluding hydrogens is 244 g/mol. The molecule has 0 bridgehead atoms. The van der Waals surface area contributed by atoms with Crippen LogP contribution in [0.25, 0.3) is 0 Å². The molecule has 2 aliphatic rings. The van der Waals surface area contributed by atoms with Crippen LogP contribution in [0.4, 0.5) is 5.69 Å². The fourth-order valence-corrected chi connectivity index (χ4v) is 2.49. The molecule has 1 fully saturated rings. The van der Waals surface area contributed by atoms with E-state index in [4.69, 9.17) is 19.9 Å². The Labute approximate surface area is 113 Å². The number of anilines is 1. The summed E-state index contributed by atoms with van der Waals surface area (Å²) in [5, 5.41) is 0. The molecule has 104 valence electrons. The molecule has 0 amide bonds. The van der Waals surface area contributed by atoms with Gasteiger partial charge in [-0.15, -0.1) is 0 Å². The second-order valence-electron chi connectivity index (χ2n) is 5.00. The van der Waals surface area contributed by atoms with Gasteiger partial charge in [0.05, 0.1) is 6.61 Å². The van der Waals surface area contributed by atoms with Crippen molar-refractivity contribution in [3.8, 4) is 11.5 Å². The van der Waals surface area contributed by atoms with Gasteiger partial charge in [0, 0.05) is 18.3 Å². The predicted molar refractivity (Wildman–Crippen MR) is 72.1 cm³/mol. The molecule has 1 unspecified atom stereocenters. The van der Waals surface area contributed by atoms with Crippen molar-refractivity contribution >= 4 is 5.69 Å². The van der Waals surface area contributed by atoms with Crippen molar-refractivity contribution in [1.29, 1.82) is 0 Å². The Bertz CT molecular complexity index is 433. The number of fused-ring (bicyclic) bond motifs is 1. The summed E-state index contributed by atoms with van der Waals surface area (Å²) < 4.78 is 16.6. The molecule has 1 aromatic carbocycles. The second kappa shape index (κ2) is 5.67. The Morgan fingerprint density at radius 3 is 2.84 bits per heavy atom. The number of benzene rings is 1. The van der Waals surface area contributed by atoms with E-state index in [1.807, 2.05) is 0 Å². The zero-order valence-electron chi connectivity index (χ0n) is 11.0. The lowest BCUT2D eigenvalue weighted by atomic mass is 10.3. The monoisotopic (exact) mass is 264 g/mol. The van der Waals surface area contributed by atoms with Gasteiger partial charge in [0.15, 0.2) is 11.5 Å². The van der Waals surface area contributed by atoms with Crippen LogP contribution in [0.1, 0.15) is 19.3 Å². The molecule has 1 atom stereocenters. The van der Waals surface area contributed by atoms with Crippen LogP contribution in [0.5, 0.6) is 11.5 Å². The van der Waals surface area contributed by atoms with Crippen molar-refractivity contribution in [2.75, 3.05) is 32.0 Å². The maximum atomic E-state index is 5.69. The molecule has 2 heterocycles. The summed E-state index contributed by atoms with van der Waals surface area (Å²) >= 11 is 0. The van der Waals surface area contributed by atoms with Crippen LogP contribution in [0.3, 0.4) is 0 Å². The fraction of sp³-hybridized carbons (Fsp3) is 0.571. The molecule has 3 rings (SSSR count). The van der Waals surface area contributed by atoms with Gasteiger partial charge in [0.25, 0.3) is 0 Å². The zero-order valence-corrected chi connectivity index (χ0v) is 11.0. The van der Waals surface area contributed by atoms with Crippen LogP contribution in [0.2, 0.25) is 0 Å². The summed E-state index contributed by atoms with van der Waals surface area (Å²) in [7, 11) is 0. The maximum absolute atomic E-state index is 5.69. The van der Waals surface area contributed by atoms with E-state index < -0.39 is 6.48 Å². The first-order valence-corrected chi connectivity index (χ1v) is 6.88. The first kappa shape index (κ1) is 12.6. The van der Waals surface area contributed by atoms with Crippen molar-refractivity contribution in [2.45, 2.75) is 25.7 Å². The molecule has 0 radical (unpaired) electrons. The Morgan fingerprint density at radius 2 is 2.00 bits per heavy atom. The van der Waals surface area contributed by atoms with Crippen molar-refractivity contribution in [3.63, 3.8) is 0 Å². The van der Waals surface area contributed by atoms with Crippen LogP contribution in [0, 0.1) is 0 Å². The number of nitrogens with zero attached hydrogens (tertiary/aromatic N) is 1. The van der Waals surface area contributed by atoms with E-state index in [0.29, 0.717) is 23.8 Å². The van der Waals surface area contributed by atoms with Crippen LogP contribution >= 0.6 is 0 Å². The highest BCUT2D eigenvalue weighted by Gasteiger charge is 2.24. The zero-order chi connectivity index (χ0) is 13.1. The Balaban J connectivity index is 1.38. The number of hydrogen-bond acceptors (Lipinski definition) is 5. The molecule has 5 nitrogen and oxygen atoms in total. The summed E-state index contributed by atoms with van der Waals surface area (Å²) in [6, 6.07) is 5.35. The maximum Gasteiger partial charge on any atom is 0.361 e. The van der Waals surface area contributed by atoms with E-state index in [1.165, 1.54) is 25.9 Å². The lowest BCUT2D eigenvalue weighted by molar-refractivity contribution is -0.177. The van der Waals surface area contributed by atoms with Crippen molar-refractivity contribution < 1.29 is 14.2 Å². The third kappa shape index (κ3) is 3.11. The average Bonchev–Trinajstić information content (AvgIpc) is 3.02. The van der Waals surface area contributed by atoms with Gasteiger partial charge in [-0.2, -0.15) is 0 Å². The predicted octanol–water partition coefficient (Wildman–Crippen LogP) is 1.83. The molecule has 0 aromatic heterocycles. The topological polar surface area (TPSA) is 57.0 Å². The number of hydrogen-bond donors (Lipinski definition) is 1. The van der Waals surface area contributed by atoms with Gasteiger partial charge < -0.3 is 24.8 Å². The van der Waals surface area contributed by atoms with E-state index in [1.54, 1.807) is 18.2 Å². The SMILES string of the molecule is Nc1ccc2c(c1)OC(OCCCN1CCCC1)O2. The Hall–Kier alpha value is -1.46. The lowest BCUT2D eigenvalue weighted by Gasteiger charge is -2.15. The quantitative estimate of drug-likeness (QED) is 0.649. The van der Waals surface area contributed by atoms with Gasteiger partial charge >= 0.3 is 6.48 Å². The van der Waals surface area contributed by atoms with Gasteiger partial charge in [-0.3, -0.25) is 0 Å². The molecule has 0 aliphatic carbocycles. The minimum absolute atomic E-state index is 0.629. The largest absolute Gasteiger partial charge is 0.428 e. The first-order valence-electron chi connectivity index (χ1n) is 6.88. The molecule has 2 N–H and O–H groups in total. The number of nitrogen functional groups attached to an aromatic ring is 1. The van der Waals surface area contributed by atoms with Crippen LogP contribution in [0.15, 0.2) is 18.2 Å². The molecule has 0 saturated carbocycles. The third-order valence-electron chi connectivity index (χ3n) is 3.49. The molecule has 1 saturated heterocycles. The van der Waals surface area contributed by atoms with Gasteiger partial charge in [-0.05, 0) is 44.5 Å². The standard InChI is InChI=1S/C14H20N2O3/c15-11-4-5-12-13(10-11)19-14(18-12)17-9-3-8-16-6-1-2-7-16/h4-5,10,14H,1-3,6-9,15H2. The van der Waals surface area contributed by atoms with Crippen molar-refractivity contribution in [2.24, 2.45) is 0 Å². The highest BCUT2D eigenvalue weighted by atomic mass is 16.9. The van der Waals surface area contributed by atoms with Crippen LogP contribution in [-0.4, -0.2) is 37.6 Å². The highest BCUT2D eigenvalue weighted by molar-refractivity contribution is 5.53. The molecular formula is C14H20N2O3. The minimum atomic E-state index is -0.629. The fourth-order valence-electron chi connectivity index (χ4n) is 2.49. The second-order valence-corrected chi connectivity index (χ2v) is 5.00. The van der Waals surface area contributed by atoms with E-state index in [9.17, 15) is 0 Å². The summed E-state index contributed by atoms with van der Waals surface area (Å²) in [5.41, 5.74) is 6.35. The smallest absolute Gasteiger partial charge is 0.361 e. The normalized spacial score (nSPS) is 22.0.